The Bertz CT molecular complexity index is 184. The maximum absolute atomic E-state index is 8.92. The first kappa shape index (κ1) is 7.12. The zero-order valence-electron chi connectivity index (χ0n) is 6.68. The molecule has 60 valence electrons. The van der Waals surface area contributed by atoms with Crippen LogP contribution in [0.2, 0.25) is 0 Å². The van der Waals surface area contributed by atoms with Crippen LogP contribution in [0.1, 0.15) is 25.7 Å². The van der Waals surface area contributed by atoms with E-state index in [4.69, 9.17) is 10.00 Å². The average Bonchev–Trinajstić information content (AvgIpc) is 2.86. The van der Waals surface area contributed by atoms with E-state index in [1.807, 2.05) is 0 Å². The van der Waals surface area contributed by atoms with Crippen molar-refractivity contribution < 1.29 is 4.74 Å². The molecular formula is C9H13NO. The number of nitrogens with zero attached hydrogens (tertiary/aromatic N) is 1. The molecule has 0 N–H and O–H groups in total. The van der Waals surface area contributed by atoms with Gasteiger partial charge >= 0.3 is 0 Å². The summed E-state index contributed by atoms with van der Waals surface area (Å²) in [5.41, 5.74) is 0.0871. The van der Waals surface area contributed by atoms with Gasteiger partial charge in [-0.2, -0.15) is 5.26 Å². The Balaban J connectivity index is 1.99. The summed E-state index contributed by atoms with van der Waals surface area (Å²) in [6.07, 6.45) is 4.48. The Morgan fingerprint density at radius 2 is 1.91 bits per heavy atom. The molecule has 0 aromatic heterocycles. The largest absolute Gasteiger partial charge is 0.381 e. The third-order valence-corrected chi connectivity index (χ3v) is 3.01. The van der Waals surface area contributed by atoms with E-state index in [1.54, 1.807) is 0 Å². The van der Waals surface area contributed by atoms with E-state index in [2.05, 4.69) is 6.07 Å². The van der Waals surface area contributed by atoms with Crippen LogP contribution in [0.5, 0.6) is 0 Å². The van der Waals surface area contributed by atoms with Gasteiger partial charge in [0.1, 0.15) is 0 Å². The van der Waals surface area contributed by atoms with Crippen LogP contribution < -0.4 is 0 Å². The van der Waals surface area contributed by atoms with Crippen LogP contribution in [0.3, 0.4) is 0 Å². The molecule has 1 saturated heterocycles. The van der Waals surface area contributed by atoms with Gasteiger partial charge in [-0.1, -0.05) is 0 Å². The summed E-state index contributed by atoms with van der Waals surface area (Å²) in [4.78, 5) is 0. The van der Waals surface area contributed by atoms with Crippen LogP contribution in [0, 0.1) is 22.7 Å². The van der Waals surface area contributed by atoms with Gasteiger partial charge in [0.2, 0.25) is 0 Å². The van der Waals surface area contributed by atoms with Crippen molar-refractivity contribution in [3.05, 3.63) is 0 Å². The Morgan fingerprint density at radius 3 is 2.36 bits per heavy atom. The molecule has 0 amide bonds. The van der Waals surface area contributed by atoms with E-state index in [-0.39, 0.29) is 5.41 Å². The lowest BCUT2D eigenvalue weighted by Crippen LogP contribution is -2.23. The molecule has 2 rings (SSSR count). The normalized spacial score (nSPS) is 29.4. The van der Waals surface area contributed by atoms with Gasteiger partial charge in [-0.15, -0.1) is 0 Å². The van der Waals surface area contributed by atoms with Crippen molar-refractivity contribution in [2.24, 2.45) is 11.3 Å². The lowest BCUT2D eigenvalue weighted by Gasteiger charge is -2.25. The Hall–Kier alpha value is -0.550. The van der Waals surface area contributed by atoms with Gasteiger partial charge < -0.3 is 4.74 Å². The van der Waals surface area contributed by atoms with Crippen molar-refractivity contribution in [1.29, 1.82) is 5.26 Å². The first-order valence-corrected chi connectivity index (χ1v) is 4.36. The van der Waals surface area contributed by atoms with Crippen LogP contribution >= 0.6 is 0 Å². The predicted molar refractivity (Wildman–Crippen MR) is 40.8 cm³/mol. The van der Waals surface area contributed by atoms with Gasteiger partial charge in [-0.3, -0.25) is 0 Å². The fourth-order valence-electron chi connectivity index (χ4n) is 2.00. The third-order valence-electron chi connectivity index (χ3n) is 3.01. The molecule has 1 aliphatic carbocycles. The van der Waals surface area contributed by atoms with Gasteiger partial charge in [-0.25, -0.2) is 0 Å². The molecule has 0 bridgehead atoms. The maximum Gasteiger partial charge on any atom is 0.0692 e. The number of nitriles is 1. The van der Waals surface area contributed by atoms with Crippen LogP contribution in [0.25, 0.3) is 0 Å². The lowest BCUT2D eigenvalue weighted by atomic mass is 9.84. The minimum Gasteiger partial charge on any atom is -0.381 e. The predicted octanol–water partition coefficient (Wildman–Crippen LogP) is 1.72. The molecule has 11 heavy (non-hydrogen) atoms. The Morgan fingerprint density at radius 1 is 1.27 bits per heavy atom. The van der Waals surface area contributed by atoms with Gasteiger partial charge in [0.15, 0.2) is 0 Å². The van der Waals surface area contributed by atoms with Crippen molar-refractivity contribution in [3.63, 3.8) is 0 Å². The monoisotopic (exact) mass is 151 g/mol. The summed E-state index contributed by atoms with van der Waals surface area (Å²) < 4.78 is 5.26. The maximum atomic E-state index is 8.92. The first-order valence-electron chi connectivity index (χ1n) is 4.36. The minimum absolute atomic E-state index is 0.0871. The molecule has 2 nitrogen and oxygen atoms in total. The molecule has 0 aromatic carbocycles. The van der Waals surface area contributed by atoms with Crippen LogP contribution in [-0.4, -0.2) is 13.2 Å². The Kier molecular flexibility index (Phi) is 1.61. The van der Waals surface area contributed by atoms with Gasteiger partial charge in [0.05, 0.1) is 11.5 Å². The molecule has 0 spiro atoms. The van der Waals surface area contributed by atoms with Crippen LogP contribution in [0.15, 0.2) is 0 Å². The highest BCUT2D eigenvalue weighted by atomic mass is 16.5. The Labute approximate surface area is 67.2 Å². The van der Waals surface area contributed by atoms with Gasteiger partial charge in [0.25, 0.3) is 0 Å². The van der Waals surface area contributed by atoms with Crippen molar-refractivity contribution in [2.45, 2.75) is 25.7 Å². The van der Waals surface area contributed by atoms with E-state index in [9.17, 15) is 0 Å². The highest BCUT2D eigenvalue weighted by Crippen LogP contribution is 2.54. The standard InChI is InChI=1S/C9H13NO/c10-7-9(3-4-9)8-1-5-11-6-2-8/h8H,1-6H2. The second kappa shape index (κ2) is 2.49. The average molecular weight is 151 g/mol. The van der Waals surface area contributed by atoms with Crippen molar-refractivity contribution in [2.75, 3.05) is 13.2 Å². The van der Waals surface area contributed by atoms with Gasteiger partial charge in [-0.05, 0) is 31.6 Å². The number of ether oxygens (including phenoxy) is 1. The van der Waals surface area contributed by atoms with Crippen molar-refractivity contribution >= 4 is 0 Å². The number of hydrogen-bond donors (Lipinski definition) is 0. The molecule has 1 aliphatic heterocycles. The zero-order valence-corrected chi connectivity index (χ0v) is 6.68. The van der Waals surface area contributed by atoms with E-state index in [0.717, 1.165) is 38.9 Å². The second-order valence-electron chi connectivity index (χ2n) is 3.65. The smallest absolute Gasteiger partial charge is 0.0692 e. The van der Waals surface area contributed by atoms with Crippen molar-refractivity contribution in [3.8, 4) is 6.07 Å². The summed E-state index contributed by atoms with van der Waals surface area (Å²) >= 11 is 0. The highest BCUT2D eigenvalue weighted by molar-refractivity contribution is 5.13. The molecule has 1 saturated carbocycles. The molecule has 0 radical (unpaired) electrons. The summed E-state index contributed by atoms with van der Waals surface area (Å²) in [5.74, 6) is 0.640. The van der Waals surface area contributed by atoms with Crippen LogP contribution in [-0.2, 0) is 4.74 Å². The SMILES string of the molecule is N#CC1(C2CCOCC2)CC1. The number of rotatable bonds is 1. The van der Waals surface area contributed by atoms with E-state index >= 15 is 0 Å². The van der Waals surface area contributed by atoms with Crippen LogP contribution in [0.4, 0.5) is 0 Å². The topological polar surface area (TPSA) is 33.0 Å². The molecule has 0 atom stereocenters. The van der Waals surface area contributed by atoms with E-state index in [0.29, 0.717) is 5.92 Å². The first-order chi connectivity index (χ1) is 5.37. The fraction of sp³-hybridized carbons (Fsp3) is 0.889. The van der Waals surface area contributed by atoms with E-state index in [1.165, 1.54) is 0 Å². The molecule has 0 unspecified atom stereocenters. The molecule has 2 aliphatic rings. The highest BCUT2D eigenvalue weighted by Gasteiger charge is 2.49. The van der Waals surface area contributed by atoms with Gasteiger partial charge in [0, 0.05) is 13.2 Å². The zero-order chi connectivity index (χ0) is 7.73. The summed E-state index contributed by atoms with van der Waals surface area (Å²) in [6.45, 7) is 1.74. The molecular weight excluding hydrogens is 138 g/mol. The molecule has 2 fully saturated rings. The van der Waals surface area contributed by atoms with Crippen molar-refractivity contribution in [1.82, 2.24) is 0 Å². The molecule has 2 heteroatoms. The summed E-state index contributed by atoms with van der Waals surface area (Å²) in [7, 11) is 0. The fourth-order valence-corrected chi connectivity index (χ4v) is 2.00. The van der Waals surface area contributed by atoms with E-state index < -0.39 is 0 Å². The quantitative estimate of drug-likeness (QED) is 0.571. The number of hydrogen-bond acceptors (Lipinski definition) is 2. The summed E-state index contributed by atoms with van der Waals surface area (Å²) in [6, 6.07) is 2.47. The molecule has 0 aromatic rings. The lowest BCUT2D eigenvalue weighted by molar-refractivity contribution is 0.0507. The second-order valence-corrected chi connectivity index (χ2v) is 3.65. The third kappa shape index (κ3) is 1.14. The summed E-state index contributed by atoms with van der Waals surface area (Å²) in [5, 5.41) is 8.92. The molecule has 1 heterocycles. The minimum atomic E-state index is 0.0871.